The van der Waals surface area contributed by atoms with Gasteiger partial charge in [-0.15, -0.1) is 0 Å². The maximum atomic E-state index is 12.6. The zero-order chi connectivity index (χ0) is 13.2. The molecule has 4 nitrogen and oxygen atoms in total. The fraction of sp³-hybridized carbons (Fsp3) is 0.333. The number of hydrogen-bond donors (Lipinski definition) is 1. The van der Waals surface area contributed by atoms with Crippen LogP contribution in [-0.2, 0) is 4.74 Å². The maximum Gasteiger partial charge on any atom is 0.182 e. The van der Waals surface area contributed by atoms with Crippen LogP contribution in [-0.4, -0.2) is 36.6 Å². The van der Waals surface area contributed by atoms with Gasteiger partial charge in [0.05, 0.1) is 12.1 Å². The summed E-state index contributed by atoms with van der Waals surface area (Å²) in [5.41, 5.74) is 0.687. The van der Waals surface area contributed by atoms with E-state index in [-0.39, 0.29) is 17.9 Å². The molecule has 0 radical (unpaired) electrons. The van der Waals surface area contributed by atoms with E-state index in [1.165, 1.54) is 0 Å². The minimum atomic E-state index is -0.169. The second-order valence-corrected chi connectivity index (χ2v) is 4.83. The van der Waals surface area contributed by atoms with Crippen LogP contribution in [0.25, 0.3) is 10.8 Å². The number of carbonyl (C=O) groups excluding carboxylic acids is 1. The number of Topliss-reactive ketones (excluding diaryl/α,β-unsaturated/α-hetero) is 1. The number of benzene rings is 1. The molecule has 98 valence electrons. The lowest BCUT2D eigenvalue weighted by atomic mass is 9.99. The highest BCUT2D eigenvalue weighted by molar-refractivity contribution is 6.10. The smallest absolute Gasteiger partial charge is 0.182 e. The summed E-state index contributed by atoms with van der Waals surface area (Å²) in [4.78, 5) is 16.7. The van der Waals surface area contributed by atoms with Crippen LogP contribution >= 0.6 is 0 Å². The summed E-state index contributed by atoms with van der Waals surface area (Å²) in [5, 5.41) is 5.18. The number of pyridine rings is 1. The Hall–Kier alpha value is -1.78. The molecule has 4 heteroatoms. The molecule has 0 amide bonds. The van der Waals surface area contributed by atoms with Gasteiger partial charge >= 0.3 is 0 Å². The summed E-state index contributed by atoms with van der Waals surface area (Å²) in [5.74, 6) is 0.101. The molecule has 1 saturated heterocycles. The first-order chi connectivity index (χ1) is 9.29. The first kappa shape index (κ1) is 12.3. The Kier molecular flexibility index (Phi) is 3.27. The predicted molar refractivity (Wildman–Crippen MR) is 73.3 cm³/mol. The van der Waals surface area contributed by atoms with E-state index in [1.807, 2.05) is 24.3 Å². The third-order valence-electron chi connectivity index (χ3n) is 3.67. The lowest BCUT2D eigenvalue weighted by Crippen LogP contribution is -2.30. The van der Waals surface area contributed by atoms with E-state index < -0.39 is 0 Å². The van der Waals surface area contributed by atoms with E-state index >= 15 is 0 Å². The van der Waals surface area contributed by atoms with Crippen LogP contribution in [0.5, 0.6) is 0 Å². The van der Waals surface area contributed by atoms with Crippen LogP contribution in [0.1, 0.15) is 16.8 Å². The Balaban J connectivity index is 1.94. The number of aromatic nitrogens is 1. The number of ether oxygens (including phenoxy) is 1. The Bertz CT molecular complexity index is 607. The van der Waals surface area contributed by atoms with Gasteiger partial charge in [0, 0.05) is 37.0 Å². The van der Waals surface area contributed by atoms with E-state index in [9.17, 15) is 4.79 Å². The molecule has 2 aromatic rings. The average molecular weight is 256 g/mol. The second kappa shape index (κ2) is 5.07. The topological polar surface area (TPSA) is 51.2 Å². The molecule has 1 N–H and O–H groups in total. The number of ketones is 1. The van der Waals surface area contributed by atoms with Crippen molar-refractivity contribution in [2.45, 2.75) is 18.6 Å². The molecule has 1 aromatic heterocycles. The number of methoxy groups -OCH3 is 1. The molecule has 2 heterocycles. The van der Waals surface area contributed by atoms with E-state index in [0.29, 0.717) is 5.56 Å². The first-order valence-corrected chi connectivity index (χ1v) is 6.42. The van der Waals surface area contributed by atoms with Crippen molar-refractivity contribution in [3.63, 3.8) is 0 Å². The normalized spacial score (nSPS) is 22.8. The van der Waals surface area contributed by atoms with Crippen molar-refractivity contribution in [2.24, 2.45) is 0 Å². The van der Waals surface area contributed by atoms with Crippen LogP contribution in [0, 0.1) is 0 Å². The largest absolute Gasteiger partial charge is 0.380 e. The lowest BCUT2D eigenvalue weighted by Gasteiger charge is -2.11. The summed E-state index contributed by atoms with van der Waals surface area (Å²) >= 11 is 0. The van der Waals surface area contributed by atoms with E-state index in [4.69, 9.17) is 4.74 Å². The van der Waals surface area contributed by atoms with Gasteiger partial charge in [-0.05, 0) is 11.8 Å². The lowest BCUT2D eigenvalue weighted by molar-refractivity contribution is 0.0920. The molecular weight excluding hydrogens is 240 g/mol. The van der Waals surface area contributed by atoms with E-state index in [0.717, 1.165) is 23.7 Å². The van der Waals surface area contributed by atoms with Crippen molar-refractivity contribution >= 4 is 16.6 Å². The van der Waals surface area contributed by atoms with Crippen LogP contribution in [0.2, 0.25) is 0 Å². The third kappa shape index (κ3) is 2.25. The van der Waals surface area contributed by atoms with Crippen LogP contribution in [0.15, 0.2) is 36.7 Å². The molecule has 1 aliphatic rings. The minimum Gasteiger partial charge on any atom is -0.380 e. The molecule has 3 rings (SSSR count). The highest BCUT2D eigenvalue weighted by Gasteiger charge is 2.30. The van der Waals surface area contributed by atoms with Crippen molar-refractivity contribution in [1.29, 1.82) is 0 Å². The Morgan fingerprint density at radius 1 is 1.37 bits per heavy atom. The number of fused-ring (bicyclic) bond motifs is 1. The molecule has 1 fully saturated rings. The number of hydrogen-bond acceptors (Lipinski definition) is 4. The van der Waals surface area contributed by atoms with Crippen molar-refractivity contribution in [1.82, 2.24) is 10.3 Å². The van der Waals surface area contributed by atoms with Gasteiger partial charge in [-0.3, -0.25) is 9.78 Å². The van der Waals surface area contributed by atoms with Gasteiger partial charge in [0.1, 0.15) is 0 Å². The van der Waals surface area contributed by atoms with Gasteiger partial charge in [-0.2, -0.15) is 0 Å². The number of nitrogens with one attached hydrogen (secondary N) is 1. The van der Waals surface area contributed by atoms with Gasteiger partial charge in [0.25, 0.3) is 0 Å². The summed E-state index contributed by atoms with van der Waals surface area (Å²) in [6, 6.07) is 7.66. The molecule has 0 bridgehead atoms. The van der Waals surface area contributed by atoms with Crippen LogP contribution in [0.3, 0.4) is 0 Å². The molecule has 19 heavy (non-hydrogen) atoms. The van der Waals surface area contributed by atoms with Gasteiger partial charge < -0.3 is 10.1 Å². The molecule has 1 aromatic carbocycles. The monoisotopic (exact) mass is 256 g/mol. The predicted octanol–water partition coefficient (Wildman–Crippen LogP) is 1.79. The quantitative estimate of drug-likeness (QED) is 0.851. The summed E-state index contributed by atoms with van der Waals surface area (Å²) in [6.45, 7) is 0.727. The number of carbonyl (C=O) groups is 1. The minimum absolute atomic E-state index is 0.101. The van der Waals surface area contributed by atoms with Gasteiger partial charge in [0.2, 0.25) is 0 Å². The molecule has 2 atom stereocenters. The van der Waals surface area contributed by atoms with Crippen molar-refractivity contribution in [2.75, 3.05) is 13.7 Å². The highest BCUT2D eigenvalue weighted by Crippen LogP contribution is 2.21. The Morgan fingerprint density at radius 2 is 2.21 bits per heavy atom. The van der Waals surface area contributed by atoms with Crippen LogP contribution in [0.4, 0.5) is 0 Å². The number of rotatable bonds is 3. The SMILES string of the molecule is COC1CNC(C(=O)c2cncc3ccccc23)C1. The molecule has 2 unspecified atom stereocenters. The van der Waals surface area contributed by atoms with Crippen molar-refractivity contribution in [3.8, 4) is 0 Å². The van der Waals surface area contributed by atoms with Gasteiger partial charge in [0.15, 0.2) is 5.78 Å². The second-order valence-electron chi connectivity index (χ2n) is 4.83. The first-order valence-electron chi connectivity index (χ1n) is 6.42. The average Bonchev–Trinajstić information content (AvgIpc) is 2.95. The van der Waals surface area contributed by atoms with Gasteiger partial charge in [-0.1, -0.05) is 24.3 Å². The molecule has 1 aliphatic heterocycles. The zero-order valence-electron chi connectivity index (χ0n) is 10.8. The maximum absolute atomic E-state index is 12.6. The molecule has 0 saturated carbocycles. The van der Waals surface area contributed by atoms with E-state index in [1.54, 1.807) is 19.5 Å². The van der Waals surface area contributed by atoms with Crippen molar-refractivity contribution < 1.29 is 9.53 Å². The summed E-state index contributed by atoms with van der Waals surface area (Å²) in [6.07, 6.45) is 4.29. The summed E-state index contributed by atoms with van der Waals surface area (Å²) in [7, 11) is 1.68. The van der Waals surface area contributed by atoms with E-state index in [2.05, 4.69) is 10.3 Å². The molecular formula is C15H16N2O2. The number of nitrogens with zero attached hydrogens (tertiary/aromatic N) is 1. The fourth-order valence-corrected chi connectivity index (χ4v) is 2.58. The van der Waals surface area contributed by atoms with Crippen molar-refractivity contribution in [3.05, 3.63) is 42.2 Å². The Labute approximate surface area is 111 Å². The highest BCUT2D eigenvalue weighted by atomic mass is 16.5. The zero-order valence-corrected chi connectivity index (χ0v) is 10.8. The standard InChI is InChI=1S/C15H16N2O2/c1-19-11-6-14(17-8-11)15(18)13-9-16-7-10-4-2-3-5-12(10)13/h2-5,7,9,11,14,17H,6,8H2,1H3. The molecule has 0 aliphatic carbocycles. The third-order valence-corrected chi connectivity index (χ3v) is 3.67. The van der Waals surface area contributed by atoms with Crippen LogP contribution < -0.4 is 5.32 Å². The fourth-order valence-electron chi connectivity index (χ4n) is 2.58. The molecule has 0 spiro atoms. The summed E-state index contributed by atoms with van der Waals surface area (Å²) < 4.78 is 5.28. The van der Waals surface area contributed by atoms with Gasteiger partial charge in [-0.25, -0.2) is 0 Å². The Morgan fingerprint density at radius 3 is 3.00 bits per heavy atom.